The van der Waals surface area contributed by atoms with Crippen LogP contribution < -0.4 is 5.32 Å². The van der Waals surface area contributed by atoms with Gasteiger partial charge in [0, 0.05) is 12.3 Å². The molecule has 0 saturated heterocycles. The largest absolute Gasteiger partial charge is 0.301 e. The van der Waals surface area contributed by atoms with Gasteiger partial charge in [0.25, 0.3) is 0 Å². The summed E-state index contributed by atoms with van der Waals surface area (Å²) in [6.45, 7) is 4.17. The molecule has 104 valence electrons. The lowest BCUT2D eigenvalue weighted by Gasteiger charge is -2.20. The van der Waals surface area contributed by atoms with E-state index in [1.165, 1.54) is 37.0 Å². The number of nitrogens with zero attached hydrogens (tertiary/aromatic N) is 2. The van der Waals surface area contributed by atoms with E-state index in [0.717, 1.165) is 16.8 Å². The number of fused-ring (bicyclic) bond motifs is 2. The smallest absolute Gasteiger partial charge is 0.226 e. The highest BCUT2D eigenvalue weighted by atomic mass is 32.1. The monoisotopic (exact) mass is 279 g/mol. The molecule has 3 atom stereocenters. The molecule has 1 aromatic heterocycles. The Hall–Kier alpha value is -0.970. The average molecular weight is 279 g/mol. The highest BCUT2D eigenvalue weighted by Gasteiger charge is 2.40. The van der Waals surface area contributed by atoms with Crippen molar-refractivity contribution in [3.63, 3.8) is 0 Å². The van der Waals surface area contributed by atoms with Crippen LogP contribution in [0.1, 0.15) is 56.9 Å². The molecule has 4 nitrogen and oxygen atoms in total. The normalized spacial score (nSPS) is 29.1. The molecular formula is C14H21N3OS. The van der Waals surface area contributed by atoms with Crippen LogP contribution in [-0.4, -0.2) is 16.1 Å². The highest BCUT2D eigenvalue weighted by molar-refractivity contribution is 7.15. The molecule has 0 spiro atoms. The van der Waals surface area contributed by atoms with Gasteiger partial charge in [-0.05, 0) is 37.0 Å². The van der Waals surface area contributed by atoms with Crippen LogP contribution >= 0.6 is 11.3 Å². The van der Waals surface area contributed by atoms with E-state index >= 15 is 0 Å². The maximum absolute atomic E-state index is 12.1. The molecule has 2 bridgehead atoms. The summed E-state index contributed by atoms with van der Waals surface area (Å²) < 4.78 is 0. The van der Waals surface area contributed by atoms with Crippen molar-refractivity contribution in [3.8, 4) is 0 Å². The second-order valence-electron chi connectivity index (χ2n) is 6.29. The maximum Gasteiger partial charge on any atom is 0.226 e. The number of amides is 1. The van der Waals surface area contributed by atoms with Crippen molar-refractivity contribution in [1.82, 2.24) is 10.2 Å². The fraction of sp³-hybridized carbons (Fsp3) is 0.786. The molecule has 3 rings (SSSR count). The van der Waals surface area contributed by atoms with Crippen molar-refractivity contribution in [2.24, 2.45) is 17.8 Å². The van der Waals surface area contributed by atoms with Crippen molar-refractivity contribution in [1.29, 1.82) is 0 Å². The summed E-state index contributed by atoms with van der Waals surface area (Å²) in [6, 6.07) is 0. The van der Waals surface area contributed by atoms with E-state index in [4.69, 9.17) is 0 Å². The SMILES string of the molecule is CC(C)c1nnc(NC(=O)C[C@@H]2C[C@@H]3CC[C@H]2C3)s1. The van der Waals surface area contributed by atoms with Crippen molar-refractivity contribution < 1.29 is 4.79 Å². The first-order valence-corrected chi connectivity index (χ1v) is 8.06. The quantitative estimate of drug-likeness (QED) is 0.918. The topological polar surface area (TPSA) is 54.9 Å². The molecule has 19 heavy (non-hydrogen) atoms. The minimum atomic E-state index is 0.115. The van der Waals surface area contributed by atoms with Crippen LogP contribution in [0.15, 0.2) is 0 Å². The molecule has 2 aliphatic rings. The van der Waals surface area contributed by atoms with E-state index in [2.05, 4.69) is 29.4 Å². The predicted octanol–water partition coefficient (Wildman–Crippen LogP) is 3.43. The van der Waals surface area contributed by atoms with Gasteiger partial charge >= 0.3 is 0 Å². The Morgan fingerprint density at radius 3 is 2.79 bits per heavy atom. The van der Waals surface area contributed by atoms with Gasteiger partial charge in [-0.15, -0.1) is 10.2 Å². The Morgan fingerprint density at radius 1 is 1.37 bits per heavy atom. The van der Waals surface area contributed by atoms with E-state index in [1.807, 2.05) is 0 Å². The van der Waals surface area contributed by atoms with Crippen LogP contribution in [0.4, 0.5) is 5.13 Å². The minimum absolute atomic E-state index is 0.115. The fourth-order valence-corrected chi connectivity index (χ4v) is 4.32. The van der Waals surface area contributed by atoms with E-state index < -0.39 is 0 Å². The van der Waals surface area contributed by atoms with Gasteiger partial charge in [-0.2, -0.15) is 0 Å². The second-order valence-corrected chi connectivity index (χ2v) is 7.30. The number of aromatic nitrogens is 2. The Bertz CT molecular complexity index is 471. The van der Waals surface area contributed by atoms with Gasteiger partial charge in [-0.25, -0.2) is 0 Å². The van der Waals surface area contributed by atoms with Crippen molar-refractivity contribution in [3.05, 3.63) is 5.01 Å². The number of nitrogens with one attached hydrogen (secondary N) is 1. The molecule has 0 radical (unpaired) electrons. The summed E-state index contributed by atoms with van der Waals surface area (Å²) in [5.41, 5.74) is 0. The third kappa shape index (κ3) is 2.81. The number of anilines is 1. The summed E-state index contributed by atoms with van der Waals surface area (Å²) in [7, 11) is 0. The first kappa shape index (κ1) is 13.0. The van der Waals surface area contributed by atoms with Crippen LogP contribution in [-0.2, 0) is 4.79 Å². The van der Waals surface area contributed by atoms with Gasteiger partial charge in [-0.3, -0.25) is 4.79 Å². The van der Waals surface area contributed by atoms with Gasteiger partial charge in [0.05, 0.1) is 0 Å². The third-order valence-electron chi connectivity index (χ3n) is 4.51. The van der Waals surface area contributed by atoms with E-state index in [9.17, 15) is 4.79 Å². The number of rotatable bonds is 4. The highest BCUT2D eigenvalue weighted by Crippen LogP contribution is 2.49. The van der Waals surface area contributed by atoms with Crippen LogP contribution in [0.2, 0.25) is 0 Å². The van der Waals surface area contributed by atoms with Gasteiger partial charge in [-0.1, -0.05) is 31.6 Å². The summed E-state index contributed by atoms with van der Waals surface area (Å²) in [4.78, 5) is 12.1. The summed E-state index contributed by atoms with van der Waals surface area (Å²) in [5.74, 6) is 2.79. The third-order valence-corrected chi connectivity index (χ3v) is 5.65. The minimum Gasteiger partial charge on any atom is -0.301 e. The molecule has 2 fully saturated rings. The molecule has 2 saturated carbocycles. The standard InChI is InChI=1S/C14H21N3OS/c1-8(2)13-16-17-14(19-13)15-12(18)7-11-6-9-3-4-10(11)5-9/h8-11H,3-7H2,1-2H3,(H,15,17,18)/t9-,10+,11+/m1/s1. The Labute approximate surface area is 118 Å². The molecule has 0 aliphatic heterocycles. The molecular weight excluding hydrogens is 258 g/mol. The number of carbonyl (C=O) groups excluding carboxylic acids is 1. The lowest BCUT2D eigenvalue weighted by atomic mass is 9.86. The molecule has 0 aromatic carbocycles. The number of carbonyl (C=O) groups is 1. The van der Waals surface area contributed by atoms with Crippen molar-refractivity contribution in [2.75, 3.05) is 5.32 Å². The predicted molar refractivity (Wildman–Crippen MR) is 76.2 cm³/mol. The van der Waals surface area contributed by atoms with Crippen molar-refractivity contribution >= 4 is 22.4 Å². The Kier molecular flexibility index (Phi) is 3.56. The summed E-state index contributed by atoms with van der Waals surface area (Å²) in [6.07, 6.45) is 5.99. The summed E-state index contributed by atoms with van der Waals surface area (Å²) >= 11 is 1.49. The molecule has 1 heterocycles. The maximum atomic E-state index is 12.1. The zero-order chi connectivity index (χ0) is 13.4. The van der Waals surface area contributed by atoms with E-state index in [0.29, 0.717) is 23.4 Å². The molecule has 5 heteroatoms. The fourth-order valence-electron chi connectivity index (χ4n) is 3.55. The van der Waals surface area contributed by atoms with E-state index in [-0.39, 0.29) is 5.91 Å². The molecule has 1 amide bonds. The number of hydrogen-bond acceptors (Lipinski definition) is 4. The second kappa shape index (κ2) is 5.19. The van der Waals surface area contributed by atoms with Crippen LogP contribution in [0.5, 0.6) is 0 Å². The molecule has 2 aliphatic carbocycles. The van der Waals surface area contributed by atoms with Crippen LogP contribution in [0.3, 0.4) is 0 Å². The average Bonchev–Trinajstić information content (AvgIpc) is 3.03. The molecule has 1 N–H and O–H groups in total. The molecule has 0 unspecified atom stereocenters. The van der Waals surface area contributed by atoms with Gasteiger partial charge in [0.15, 0.2) is 0 Å². The zero-order valence-electron chi connectivity index (χ0n) is 11.6. The van der Waals surface area contributed by atoms with Crippen LogP contribution in [0, 0.1) is 17.8 Å². The van der Waals surface area contributed by atoms with Gasteiger partial charge in [0.1, 0.15) is 5.01 Å². The van der Waals surface area contributed by atoms with Crippen molar-refractivity contribution in [2.45, 2.75) is 51.9 Å². The first-order valence-electron chi connectivity index (χ1n) is 7.25. The van der Waals surface area contributed by atoms with Gasteiger partial charge in [0.2, 0.25) is 11.0 Å². The Balaban J connectivity index is 1.53. The van der Waals surface area contributed by atoms with Crippen LogP contribution in [0.25, 0.3) is 0 Å². The zero-order valence-corrected chi connectivity index (χ0v) is 12.4. The lowest BCUT2D eigenvalue weighted by Crippen LogP contribution is -2.20. The summed E-state index contributed by atoms with van der Waals surface area (Å²) in [5, 5.41) is 12.7. The Morgan fingerprint density at radius 2 is 2.21 bits per heavy atom. The number of hydrogen-bond donors (Lipinski definition) is 1. The van der Waals surface area contributed by atoms with Gasteiger partial charge < -0.3 is 5.32 Å². The van der Waals surface area contributed by atoms with E-state index in [1.54, 1.807) is 0 Å². The first-order chi connectivity index (χ1) is 9.11. The lowest BCUT2D eigenvalue weighted by molar-refractivity contribution is -0.117. The molecule has 1 aromatic rings.